The average Bonchev–Trinajstić information content (AvgIpc) is 2.86. The third kappa shape index (κ3) is 1.99. The largest absolute Gasteiger partial charge is 0.457 e. The molecule has 0 spiro atoms. The maximum Gasteiger partial charge on any atom is 0.176 e. The van der Waals surface area contributed by atoms with E-state index < -0.39 is 0 Å². The van der Waals surface area contributed by atoms with Crippen LogP contribution in [0, 0.1) is 6.92 Å². The molecule has 4 rings (SSSR count). The van der Waals surface area contributed by atoms with Gasteiger partial charge in [0.15, 0.2) is 11.4 Å². The van der Waals surface area contributed by atoms with Crippen LogP contribution in [0.3, 0.4) is 0 Å². The van der Waals surface area contributed by atoms with Crippen LogP contribution >= 0.6 is 0 Å². The number of furan rings is 1. The molecule has 1 atom stereocenters. The monoisotopic (exact) mass is 271 g/mol. The second kappa shape index (κ2) is 4.77. The van der Waals surface area contributed by atoms with Gasteiger partial charge in [-0.3, -0.25) is 4.90 Å². The van der Waals surface area contributed by atoms with Crippen LogP contribution in [0.25, 0.3) is 11.0 Å². The highest BCUT2D eigenvalue weighted by molar-refractivity contribution is 5.87. The molecular formula is C16H21N3O. The first kappa shape index (κ1) is 12.2. The van der Waals surface area contributed by atoms with Gasteiger partial charge in [-0.05, 0) is 38.4 Å². The van der Waals surface area contributed by atoms with E-state index in [0.717, 1.165) is 36.8 Å². The standard InChI is InChI=1S/C16H21N3O/c1-12-10-13-5-6-17-16(15(13)20-12)19-9-8-18-7-3-2-4-14(18)11-19/h5-6,10,14H,2-4,7-9,11H2,1H3/t14-/m0/s1. The van der Waals surface area contributed by atoms with Crippen molar-refractivity contribution in [1.29, 1.82) is 0 Å². The molecule has 0 unspecified atom stereocenters. The lowest BCUT2D eigenvalue weighted by molar-refractivity contribution is 0.133. The van der Waals surface area contributed by atoms with E-state index in [2.05, 4.69) is 20.9 Å². The van der Waals surface area contributed by atoms with Gasteiger partial charge in [-0.2, -0.15) is 0 Å². The molecule has 2 aromatic heterocycles. The quantitative estimate of drug-likeness (QED) is 0.798. The molecule has 2 fully saturated rings. The van der Waals surface area contributed by atoms with E-state index in [9.17, 15) is 0 Å². The molecule has 0 aromatic carbocycles. The molecule has 0 aliphatic carbocycles. The number of anilines is 1. The first-order valence-electron chi connectivity index (χ1n) is 7.65. The third-order valence-electron chi connectivity index (χ3n) is 4.67. The zero-order valence-electron chi connectivity index (χ0n) is 12.0. The van der Waals surface area contributed by atoms with Crippen molar-refractivity contribution in [2.24, 2.45) is 0 Å². The summed E-state index contributed by atoms with van der Waals surface area (Å²) in [6.45, 7) is 6.58. The Morgan fingerprint density at radius 1 is 1.25 bits per heavy atom. The summed E-state index contributed by atoms with van der Waals surface area (Å²) >= 11 is 0. The van der Waals surface area contributed by atoms with Gasteiger partial charge in [-0.25, -0.2) is 4.98 Å². The summed E-state index contributed by atoms with van der Waals surface area (Å²) in [6.07, 6.45) is 5.96. The number of pyridine rings is 1. The topological polar surface area (TPSA) is 32.5 Å². The molecule has 4 heteroatoms. The van der Waals surface area contributed by atoms with Crippen molar-refractivity contribution in [3.63, 3.8) is 0 Å². The summed E-state index contributed by atoms with van der Waals surface area (Å²) in [7, 11) is 0. The molecule has 20 heavy (non-hydrogen) atoms. The summed E-state index contributed by atoms with van der Waals surface area (Å²) in [5.41, 5.74) is 0.953. The summed E-state index contributed by atoms with van der Waals surface area (Å²) in [5.74, 6) is 1.99. The highest BCUT2D eigenvalue weighted by Crippen LogP contribution is 2.30. The smallest absolute Gasteiger partial charge is 0.176 e. The second-order valence-electron chi connectivity index (χ2n) is 6.04. The minimum atomic E-state index is 0.700. The Balaban J connectivity index is 1.66. The van der Waals surface area contributed by atoms with Gasteiger partial charge in [0, 0.05) is 37.3 Å². The normalized spacial score (nSPS) is 24.1. The molecule has 4 nitrogen and oxygen atoms in total. The van der Waals surface area contributed by atoms with E-state index in [4.69, 9.17) is 4.42 Å². The predicted molar refractivity (Wildman–Crippen MR) is 80.2 cm³/mol. The van der Waals surface area contributed by atoms with Crippen molar-refractivity contribution in [3.05, 3.63) is 24.1 Å². The summed E-state index contributed by atoms with van der Waals surface area (Å²) in [6, 6.07) is 4.83. The molecule has 0 N–H and O–H groups in total. The van der Waals surface area contributed by atoms with Gasteiger partial charge in [-0.1, -0.05) is 6.42 Å². The fourth-order valence-corrected chi connectivity index (χ4v) is 3.65. The molecular weight excluding hydrogens is 250 g/mol. The van der Waals surface area contributed by atoms with E-state index in [-0.39, 0.29) is 0 Å². The van der Waals surface area contributed by atoms with Gasteiger partial charge in [-0.15, -0.1) is 0 Å². The molecule has 2 aliphatic rings. The molecule has 0 saturated carbocycles. The summed E-state index contributed by atoms with van der Waals surface area (Å²) in [4.78, 5) is 9.66. The Labute approximate surface area is 119 Å². The van der Waals surface area contributed by atoms with Crippen LogP contribution in [0.1, 0.15) is 25.0 Å². The fourth-order valence-electron chi connectivity index (χ4n) is 3.65. The van der Waals surface area contributed by atoms with Crippen LogP contribution in [-0.4, -0.2) is 42.1 Å². The number of nitrogens with zero attached hydrogens (tertiary/aromatic N) is 3. The minimum absolute atomic E-state index is 0.700. The molecule has 2 saturated heterocycles. The summed E-state index contributed by atoms with van der Waals surface area (Å²) < 4.78 is 5.87. The van der Waals surface area contributed by atoms with Gasteiger partial charge in [0.05, 0.1) is 0 Å². The van der Waals surface area contributed by atoms with Gasteiger partial charge in [0.1, 0.15) is 5.76 Å². The number of hydrogen-bond donors (Lipinski definition) is 0. The number of aromatic nitrogens is 1. The Kier molecular flexibility index (Phi) is 2.91. The van der Waals surface area contributed by atoms with E-state index in [1.54, 1.807) is 0 Å². The van der Waals surface area contributed by atoms with Crippen LogP contribution in [-0.2, 0) is 0 Å². The van der Waals surface area contributed by atoms with Gasteiger partial charge in [0.25, 0.3) is 0 Å². The lowest BCUT2D eigenvalue weighted by Crippen LogP contribution is -2.55. The van der Waals surface area contributed by atoms with Crippen molar-refractivity contribution in [2.45, 2.75) is 32.2 Å². The molecule has 2 aromatic rings. The zero-order chi connectivity index (χ0) is 13.5. The van der Waals surface area contributed by atoms with Crippen molar-refractivity contribution < 1.29 is 4.42 Å². The van der Waals surface area contributed by atoms with Crippen molar-refractivity contribution in [3.8, 4) is 0 Å². The number of piperazine rings is 1. The number of fused-ring (bicyclic) bond motifs is 2. The van der Waals surface area contributed by atoms with Gasteiger partial charge in [0.2, 0.25) is 0 Å². The number of hydrogen-bond acceptors (Lipinski definition) is 4. The lowest BCUT2D eigenvalue weighted by Gasteiger charge is -2.44. The van der Waals surface area contributed by atoms with E-state index >= 15 is 0 Å². The van der Waals surface area contributed by atoms with Crippen LogP contribution in [0.5, 0.6) is 0 Å². The van der Waals surface area contributed by atoms with Crippen LogP contribution in [0.2, 0.25) is 0 Å². The van der Waals surface area contributed by atoms with Gasteiger partial charge >= 0.3 is 0 Å². The summed E-state index contributed by atoms with van der Waals surface area (Å²) in [5, 5.41) is 1.17. The van der Waals surface area contributed by atoms with E-state index in [1.807, 2.05) is 19.2 Å². The van der Waals surface area contributed by atoms with Crippen molar-refractivity contribution in [2.75, 3.05) is 31.1 Å². The van der Waals surface area contributed by atoms with E-state index in [0.29, 0.717) is 6.04 Å². The molecule has 4 heterocycles. The first-order valence-corrected chi connectivity index (χ1v) is 7.65. The highest BCUT2D eigenvalue weighted by atomic mass is 16.3. The maximum absolute atomic E-state index is 5.87. The number of rotatable bonds is 1. The molecule has 2 aliphatic heterocycles. The van der Waals surface area contributed by atoms with E-state index in [1.165, 1.54) is 31.2 Å². The zero-order valence-corrected chi connectivity index (χ0v) is 12.0. The maximum atomic E-state index is 5.87. The van der Waals surface area contributed by atoms with Crippen LogP contribution < -0.4 is 4.90 Å². The average molecular weight is 271 g/mol. The van der Waals surface area contributed by atoms with Crippen molar-refractivity contribution >= 4 is 16.8 Å². The highest BCUT2D eigenvalue weighted by Gasteiger charge is 2.30. The molecule has 0 radical (unpaired) electrons. The Bertz CT molecular complexity index is 621. The second-order valence-corrected chi connectivity index (χ2v) is 6.04. The third-order valence-corrected chi connectivity index (χ3v) is 4.67. The fraction of sp³-hybridized carbons (Fsp3) is 0.562. The first-order chi connectivity index (χ1) is 9.81. The van der Waals surface area contributed by atoms with Gasteiger partial charge < -0.3 is 9.32 Å². The molecule has 0 amide bonds. The Morgan fingerprint density at radius 3 is 3.15 bits per heavy atom. The number of piperidine rings is 1. The SMILES string of the molecule is Cc1cc2ccnc(N3CCN4CCCC[C@H]4C3)c2o1. The number of aryl methyl sites for hydroxylation is 1. The van der Waals surface area contributed by atoms with Crippen LogP contribution in [0.4, 0.5) is 5.82 Å². The Morgan fingerprint density at radius 2 is 2.20 bits per heavy atom. The molecule has 106 valence electrons. The minimum Gasteiger partial charge on any atom is -0.457 e. The van der Waals surface area contributed by atoms with Crippen LogP contribution in [0.15, 0.2) is 22.7 Å². The lowest BCUT2D eigenvalue weighted by atomic mass is 9.99. The predicted octanol–water partition coefficient (Wildman–Crippen LogP) is 2.81. The Hall–Kier alpha value is -1.55. The molecule has 0 bridgehead atoms. The van der Waals surface area contributed by atoms with Crippen molar-refractivity contribution in [1.82, 2.24) is 9.88 Å².